The minimum absolute atomic E-state index is 0.162. The Morgan fingerprint density at radius 3 is 2.60 bits per heavy atom. The Hall–Kier alpha value is -0.830. The fourth-order valence-corrected chi connectivity index (χ4v) is 3.33. The lowest BCUT2D eigenvalue weighted by Crippen LogP contribution is -2.23. The molecule has 0 aromatic heterocycles. The average molecular weight is 353 g/mol. The monoisotopic (exact) mass is 351 g/mol. The molecule has 0 saturated carbocycles. The highest BCUT2D eigenvalue weighted by atomic mass is 79.9. The van der Waals surface area contributed by atoms with Crippen LogP contribution in [0.5, 0.6) is 0 Å². The van der Waals surface area contributed by atoms with Crippen molar-refractivity contribution < 1.29 is 0 Å². The summed E-state index contributed by atoms with van der Waals surface area (Å²) in [6, 6.07) is 12.7. The van der Waals surface area contributed by atoms with Crippen molar-refractivity contribution in [3.63, 3.8) is 0 Å². The second-order valence-electron chi connectivity index (χ2n) is 4.98. The van der Waals surface area contributed by atoms with E-state index in [9.17, 15) is 0 Å². The number of benzene rings is 2. The third-order valence-electron chi connectivity index (χ3n) is 3.58. The molecule has 0 aliphatic carbocycles. The average Bonchev–Trinajstić information content (AvgIpc) is 2.38. The van der Waals surface area contributed by atoms with Crippen LogP contribution in [-0.2, 0) is 0 Å². The Morgan fingerprint density at radius 1 is 1.20 bits per heavy atom. The molecule has 0 saturated heterocycles. The molecule has 0 aliphatic heterocycles. The van der Waals surface area contributed by atoms with E-state index in [1.165, 1.54) is 22.3 Å². The molecular weight excluding hydrogens is 334 g/mol. The van der Waals surface area contributed by atoms with E-state index in [2.05, 4.69) is 66.3 Å². The Labute approximate surface area is 134 Å². The first-order chi connectivity index (χ1) is 9.52. The van der Waals surface area contributed by atoms with Crippen molar-refractivity contribution >= 4 is 27.5 Å². The predicted octanol–water partition coefficient (Wildman–Crippen LogP) is 5.42. The summed E-state index contributed by atoms with van der Waals surface area (Å²) in [4.78, 5) is 0. The summed E-state index contributed by atoms with van der Waals surface area (Å²) in [5.41, 5.74) is 5.13. The largest absolute Gasteiger partial charge is 0.307 e. The Kier molecular flexibility index (Phi) is 5.25. The molecule has 0 fully saturated rings. The fourth-order valence-electron chi connectivity index (χ4n) is 2.44. The van der Waals surface area contributed by atoms with Gasteiger partial charge < -0.3 is 5.32 Å². The molecule has 0 bridgehead atoms. The van der Waals surface area contributed by atoms with E-state index >= 15 is 0 Å². The van der Waals surface area contributed by atoms with Crippen LogP contribution in [0.4, 0.5) is 0 Å². The normalized spacial score (nSPS) is 12.4. The van der Waals surface area contributed by atoms with Gasteiger partial charge in [-0.3, -0.25) is 0 Å². The van der Waals surface area contributed by atoms with Crippen LogP contribution >= 0.6 is 27.5 Å². The maximum atomic E-state index is 6.20. The van der Waals surface area contributed by atoms with E-state index in [4.69, 9.17) is 11.6 Å². The molecule has 0 aliphatic rings. The fraction of sp³-hybridized carbons (Fsp3) is 0.294. The van der Waals surface area contributed by atoms with Crippen LogP contribution in [0.15, 0.2) is 40.9 Å². The summed E-state index contributed by atoms with van der Waals surface area (Å²) in [6.07, 6.45) is 0. The van der Waals surface area contributed by atoms with Crippen LogP contribution in [0.1, 0.15) is 35.2 Å². The van der Waals surface area contributed by atoms with Crippen LogP contribution in [0, 0.1) is 13.8 Å². The van der Waals surface area contributed by atoms with E-state index in [0.29, 0.717) is 0 Å². The summed E-state index contributed by atoms with van der Waals surface area (Å²) >= 11 is 9.72. The second-order valence-corrected chi connectivity index (χ2v) is 6.33. The van der Waals surface area contributed by atoms with Crippen molar-refractivity contribution in [3.8, 4) is 0 Å². The van der Waals surface area contributed by atoms with Gasteiger partial charge in [0.15, 0.2) is 0 Å². The molecule has 2 aromatic carbocycles. The van der Waals surface area contributed by atoms with Crippen LogP contribution in [0.3, 0.4) is 0 Å². The maximum absolute atomic E-state index is 6.20. The number of nitrogens with one attached hydrogen (secondary N) is 1. The predicted molar refractivity (Wildman–Crippen MR) is 90.6 cm³/mol. The first-order valence-corrected chi connectivity index (χ1v) is 7.95. The summed E-state index contributed by atoms with van der Waals surface area (Å²) < 4.78 is 1.01. The van der Waals surface area contributed by atoms with Crippen molar-refractivity contribution in [1.29, 1.82) is 0 Å². The lowest BCUT2D eigenvalue weighted by atomic mass is 9.92. The van der Waals surface area contributed by atoms with Gasteiger partial charge in [-0.25, -0.2) is 0 Å². The summed E-state index contributed by atoms with van der Waals surface area (Å²) in [5.74, 6) is 0. The van der Waals surface area contributed by atoms with Gasteiger partial charge in [0, 0.05) is 9.50 Å². The van der Waals surface area contributed by atoms with Crippen LogP contribution in [0.2, 0.25) is 5.02 Å². The summed E-state index contributed by atoms with van der Waals surface area (Å²) in [5, 5.41) is 4.31. The van der Waals surface area contributed by atoms with Gasteiger partial charge in [-0.1, -0.05) is 52.7 Å². The topological polar surface area (TPSA) is 12.0 Å². The molecule has 2 rings (SSSR count). The van der Waals surface area contributed by atoms with Gasteiger partial charge in [0.05, 0.1) is 6.04 Å². The Morgan fingerprint density at radius 2 is 1.95 bits per heavy atom. The lowest BCUT2D eigenvalue weighted by Gasteiger charge is -2.22. The third-order valence-corrected chi connectivity index (χ3v) is 4.26. The zero-order valence-corrected chi connectivity index (χ0v) is 14.3. The van der Waals surface area contributed by atoms with Crippen molar-refractivity contribution in [2.24, 2.45) is 0 Å². The van der Waals surface area contributed by atoms with E-state index in [1.54, 1.807) is 0 Å². The Balaban J connectivity index is 2.53. The minimum Gasteiger partial charge on any atom is -0.307 e. The van der Waals surface area contributed by atoms with Gasteiger partial charge in [-0.2, -0.15) is 0 Å². The first-order valence-electron chi connectivity index (χ1n) is 6.78. The molecule has 20 heavy (non-hydrogen) atoms. The Bertz CT molecular complexity index is 590. The first kappa shape index (κ1) is 15.6. The number of aryl methyl sites for hydroxylation is 1. The van der Waals surface area contributed by atoms with E-state index < -0.39 is 0 Å². The highest BCUT2D eigenvalue weighted by Crippen LogP contribution is 2.30. The number of rotatable bonds is 4. The van der Waals surface area contributed by atoms with Gasteiger partial charge in [-0.05, 0) is 60.8 Å². The van der Waals surface area contributed by atoms with Gasteiger partial charge in [0.1, 0.15) is 0 Å². The van der Waals surface area contributed by atoms with Gasteiger partial charge in [-0.15, -0.1) is 0 Å². The number of halogens is 2. The molecule has 1 atom stereocenters. The molecule has 1 unspecified atom stereocenters. The molecule has 106 valence electrons. The van der Waals surface area contributed by atoms with Crippen molar-refractivity contribution in [3.05, 3.63) is 68.1 Å². The molecule has 0 radical (unpaired) electrons. The maximum Gasteiger partial charge on any atom is 0.0580 e. The molecule has 0 spiro atoms. The minimum atomic E-state index is 0.162. The molecule has 2 aromatic rings. The second kappa shape index (κ2) is 6.75. The number of hydrogen-bond donors (Lipinski definition) is 1. The highest BCUT2D eigenvalue weighted by Gasteiger charge is 2.16. The van der Waals surface area contributed by atoms with Gasteiger partial charge in [0.2, 0.25) is 0 Å². The van der Waals surface area contributed by atoms with Gasteiger partial charge in [0.25, 0.3) is 0 Å². The third kappa shape index (κ3) is 3.43. The van der Waals surface area contributed by atoms with Crippen LogP contribution in [0.25, 0.3) is 0 Å². The van der Waals surface area contributed by atoms with Crippen LogP contribution < -0.4 is 5.32 Å². The highest BCUT2D eigenvalue weighted by molar-refractivity contribution is 9.10. The standard InChI is InChI=1S/C17H19BrClN/c1-4-20-17(13-8-14(18)10-15(19)9-13)16-7-5-6-11(2)12(16)3/h5-10,17,20H,4H2,1-3H3. The number of hydrogen-bond acceptors (Lipinski definition) is 1. The van der Waals surface area contributed by atoms with E-state index in [-0.39, 0.29) is 6.04 Å². The molecule has 0 amide bonds. The van der Waals surface area contributed by atoms with Crippen molar-refractivity contribution in [2.75, 3.05) is 6.54 Å². The molecule has 3 heteroatoms. The van der Waals surface area contributed by atoms with Crippen molar-refractivity contribution in [1.82, 2.24) is 5.32 Å². The SMILES string of the molecule is CCNC(c1cc(Cl)cc(Br)c1)c1cccc(C)c1C. The zero-order valence-electron chi connectivity index (χ0n) is 12.0. The quantitative estimate of drug-likeness (QED) is 0.775. The molecule has 1 N–H and O–H groups in total. The van der Waals surface area contributed by atoms with E-state index in [1.807, 2.05) is 12.1 Å². The lowest BCUT2D eigenvalue weighted by molar-refractivity contribution is 0.627. The van der Waals surface area contributed by atoms with Crippen molar-refractivity contribution in [2.45, 2.75) is 26.8 Å². The molecule has 0 heterocycles. The zero-order chi connectivity index (χ0) is 14.7. The molecular formula is C17H19BrClN. The summed E-state index contributed by atoms with van der Waals surface area (Å²) in [7, 11) is 0. The molecule has 1 nitrogen and oxygen atoms in total. The smallest absolute Gasteiger partial charge is 0.0580 e. The summed E-state index contributed by atoms with van der Waals surface area (Å²) in [6.45, 7) is 7.35. The van der Waals surface area contributed by atoms with E-state index in [0.717, 1.165) is 16.0 Å². The van der Waals surface area contributed by atoms with Gasteiger partial charge >= 0.3 is 0 Å². The van der Waals surface area contributed by atoms with Crippen LogP contribution in [-0.4, -0.2) is 6.54 Å².